The van der Waals surface area contributed by atoms with Crippen LogP contribution in [0.15, 0.2) is 48.5 Å². The third-order valence-corrected chi connectivity index (χ3v) is 3.84. The molecule has 0 atom stereocenters. The molecule has 0 amide bonds. The summed E-state index contributed by atoms with van der Waals surface area (Å²) in [5.74, 6) is 1.13. The summed E-state index contributed by atoms with van der Waals surface area (Å²) in [7, 11) is 0. The lowest BCUT2D eigenvalue weighted by atomic mass is 10.1. The molecule has 0 bridgehead atoms. The van der Waals surface area contributed by atoms with Gasteiger partial charge in [0.05, 0.1) is 13.2 Å². The van der Waals surface area contributed by atoms with Crippen molar-refractivity contribution < 1.29 is 24.2 Å². The van der Waals surface area contributed by atoms with Crippen molar-refractivity contribution in [3.63, 3.8) is 0 Å². The van der Waals surface area contributed by atoms with Crippen LogP contribution in [0.4, 0.5) is 0 Å². The van der Waals surface area contributed by atoms with E-state index in [1.54, 1.807) is 28.9 Å². The minimum Gasteiger partial charge on any atom is -0.437 e. The van der Waals surface area contributed by atoms with Crippen molar-refractivity contribution in [3.05, 3.63) is 70.9 Å². The number of ether oxygens (including phenoxy) is 1. The lowest BCUT2D eigenvalue weighted by molar-refractivity contribution is -0.191. The van der Waals surface area contributed by atoms with E-state index in [2.05, 4.69) is 10.3 Å². The Morgan fingerprint density at radius 1 is 1.14 bits per heavy atom. The Morgan fingerprint density at radius 3 is 2.43 bits per heavy atom. The van der Waals surface area contributed by atoms with Gasteiger partial charge >= 0.3 is 6.15 Å². The van der Waals surface area contributed by atoms with Gasteiger partial charge in [-0.2, -0.15) is 9.59 Å². The van der Waals surface area contributed by atoms with E-state index >= 15 is 0 Å². The third-order valence-electron chi connectivity index (χ3n) is 3.84. The van der Waals surface area contributed by atoms with Crippen LogP contribution in [0.3, 0.4) is 0 Å². The van der Waals surface area contributed by atoms with Gasteiger partial charge in [-0.25, -0.2) is 4.68 Å². The lowest BCUT2D eigenvalue weighted by Crippen LogP contribution is -2.05. The highest BCUT2D eigenvalue weighted by Crippen LogP contribution is 2.25. The van der Waals surface area contributed by atoms with E-state index in [9.17, 15) is 4.79 Å². The zero-order valence-corrected chi connectivity index (χ0v) is 15.2. The normalized spacial score (nSPS) is 9.79. The molecule has 8 heteroatoms. The zero-order chi connectivity index (χ0) is 20.4. The van der Waals surface area contributed by atoms with Gasteiger partial charge < -0.3 is 9.84 Å². The second kappa shape index (κ2) is 10.5. The summed E-state index contributed by atoms with van der Waals surface area (Å²) in [6, 6.07) is 14.6. The second-order valence-electron chi connectivity index (χ2n) is 5.70. The summed E-state index contributed by atoms with van der Waals surface area (Å²) in [6.07, 6.45) is 1.72. The molecule has 0 saturated carbocycles. The predicted octanol–water partition coefficient (Wildman–Crippen LogP) is 2.40. The molecule has 2 aromatic carbocycles. The molecule has 1 heterocycles. The van der Waals surface area contributed by atoms with E-state index in [4.69, 9.17) is 19.4 Å². The van der Waals surface area contributed by atoms with Crippen LogP contribution in [-0.2, 0) is 29.2 Å². The molecule has 1 N–H and O–H groups in total. The third kappa shape index (κ3) is 5.44. The Labute approximate surface area is 161 Å². The fourth-order valence-electron chi connectivity index (χ4n) is 2.46. The number of carbonyl (C=O) groups is 1. The summed E-state index contributed by atoms with van der Waals surface area (Å²) in [5, 5.41) is 17.5. The van der Waals surface area contributed by atoms with Gasteiger partial charge in [-0.15, -0.1) is 5.10 Å². The van der Waals surface area contributed by atoms with Crippen molar-refractivity contribution in [2.45, 2.75) is 26.5 Å². The Balaban J connectivity index is 0.000000878. The maximum absolute atomic E-state index is 10.9. The van der Waals surface area contributed by atoms with Crippen LogP contribution in [0.25, 0.3) is 0 Å². The van der Waals surface area contributed by atoms with Gasteiger partial charge in [-0.1, -0.05) is 48.5 Å². The molecule has 28 heavy (non-hydrogen) atoms. The van der Waals surface area contributed by atoms with Crippen molar-refractivity contribution >= 4 is 12.4 Å². The molecule has 1 aromatic heterocycles. The van der Waals surface area contributed by atoms with Gasteiger partial charge in [-0.05, 0) is 29.7 Å². The van der Waals surface area contributed by atoms with Crippen molar-refractivity contribution in [3.8, 4) is 11.6 Å². The van der Waals surface area contributed by atoms with Crippen LogP contribution in [-0.4, -0.2) is 32.5 Å². The number of hydrogen-bond donors (Lipinski definition) is 1. The van der Waals surface area contributed by atoms with Gasteiger partial charge in [0, 0.05) is 5.56 Å². The number of nitrogens with zero attached hydrogens (tertiary/aromatic N) is 3. The number of benzene rings is 2. The largest absolute Gasteiger partial charge is 0.437 e. The van der Waals surface area contributed by atoms with Crippen molar-refractivity contribution in [2.75, 3.05) is 0 Å². The summed E-state index contributed by atoms with van der Waals surface area (Å²) in [4.78, 5) is 27.2. The van der Waals surface area contributed by atoms with Crippen LogP contribution in [0.1, 0.15) is 34.1 Å². The van der Waals surface area contributed by atoms with Gasteiger partial charge in [0.15, 0.2) is 0 Å². The summed E-state index contributed by atoms with van der Waals surface area (Å²) >= 11 is 0. The minimum absolute atomic E-state index is 0.0189. The average Bonchev–Trinajstić information content (AvgIpc) is 3.10. The topological polar surface area (TPSA) is 111 Å². The molecule has 0 saturated heterocycles. The summed E-state index contributed by atoms with van der Waals surface area (Å²) in [5.41, 5.74) is 3.19. The number of rotatable bonds is 7. The molecule has 8 nitrogen and oxygen atoms in total. The Kier molecular flexibility index (Phi) is 7.77. The van der Waals surface area contributed by atoms with E-state index in [-0.39, 0.29) is 12.8 Å². The Bertz CT molecular complexity index is 945. The molecular formula is C20H19N3O5. The van der Waals surface area contributed by atoms with Crippen molar-refractivity contribution in [2.24, 2.45) is 0 Å². The highest BCUT2D eigenvalue weighted by Gasteiger charge is 2.14. The standard InChI is InChI=1S/C19H19N3O3.CO2/c1-2-18-19(25-17-5-3-4-16(10-17)13-24)22(21-20-18)11-14-6-8-15(12-23)9-7-14;2-1-3/h3-10,13,23H,2,11-12H2,1H3;. The van der Waals surface area contributed by atoms with Crippen LogP contribution in [0.5, 0.6) is 11.6 Å². The van der Waals surface area contributed by atoms with E-state index in [1.807, 2.05) is 31.2 Å². The summed E-state index contributed by atoms with van der Waals surface area (Å²) < 4.78 is 7.67. The van der Waals surface area contributed by atoms with Crippen LogP contribution in [0, 0.1) is 0 Å². The first-order valence-electron chi connectivity index (χ1n) is 8.48. The fraction of sp³-hybridized carbons (Fsp3) is 0.200. The molecular weight excluding hydrogens is 362 g/mol. The second-order valence-corrected chi connectivity index (χ2v) is 5.70. The highest BCUT2D eigenvalue weighted by atomic mass is 16.5. The number of carbonyl (C=O) groups excluding carboxylic acids is 3. The smallest absolute Gasteiger partial charge is 0.373 e. The molecule has 0 spiro atoms. The quantitative estimate of drug-likeness (QED) is 0.626. The fourth-order valence-corrected chi connectivity index (χ4v) is 2.46. The highest BCUT2D eigenvalue weighted by molar-refractivity contribution is 5.75. The van der Waals surface area contributed by atoms with Gasteiger partial charge in [-0.3, -0.25) is 4.79 Å². The van der Waals surface area contributed by atoms with Gasteiger partial charge in [0.25, 0.3) is 0 Å². The number of aryl methyl sites for hydroxylation is 1. The van der Waals surface area contributed by atoms with E-state index in [1.165, 1.54) is 0 Å². The van der Waals surface area contributed by atoms with E-state index in [0.717, 1.165) is 23.1 Å². The molecule has 0 aliphatic carbocycles. The van der Waals surface area contributed by atoms with E-state index in [0.29, 0.717) is 30.2 Å². The predicted molar refractivity (Wildman–Crippen MR) is 97.8 cm³/mol. The molecule has 0 aliphatic heterocycles. The SMILES string of the molecule is CCc1nnn(Cc2ccc(CO)cc2)c1Oc1cccc(C=O)c1.O=C=O. The maximum atomic E-state index is 10.9. The molecule has 0 unspecified atom stereocenters. The van der Waals surface area contributed by atoms with Crippen molar-refractivity contribution in [1.29, 1.82) is 0 Å². The number of aliphatic hydroxyl groups excluding tert-OH is 1. The Morgan fingerprint density at radius 2 is 1.82 bits per heavy atom. The van der Waals surface area contributed by atoms with Gasteiger partial charge in [0.2, 0.25) is 5.88 Å². The maximum Gasteiger partial charge on any atom is 0.373 e. The number of aromatic nitrogens is 3. The first-order valence-corrected chi connectivity index (χ1v) is 8.48. The first-order chi connectivity index (χ1) is 13.6. The Hall–Kier alpha value is -3.61. The number of hydrogen-bond acceptors (Lipinski definition) is 7. The average molecular weight is 381 g/mol. The molecule has 3 rings (SSSR count). The first kappa shape index (κ1) is 20.7. The van der Waals surface area contributed by atoms with Gasteiger partial charge in [0.1, 0.15) is 17.7 Å². The monoisotopic (exact) mass is 381 g/mol. The lowest BCUT2D eigenvalue weighted by Gasteiger charge is -2.10. The number of aliphatic hydroxyl groups is 1. The number of aldehydes is 1. The van der Waals surface area contributed by atoms with Crippen LogP contribution in [0.2, 0.25) is 0 Å². The molecule has 144 valence electrons. The minimum atomic E-state index is 0.0189. The zero-order valence-electron chi connectivity index (χ0n) is 15.2. The molecule has 0 aliphatic rings. The molecule has 3 aromatic rings. The molecule has 0 fully saturated rings. The molecule has 0 radical (unpaired) electrons. The summed E-state index contributed by atoms with van der Waals surface area (Å²) in [6.45, 7) is 2.51. The van der Waals surface area contributed by atoms with Crippen LogP contribution >= 0.6 is 0 Å². The van der Waals surface area contributed by atoms with Crippen molar-refractivity contribution in [1.82, 2.24) is 15.0 Å². The van der Waals surface area contributed by atoms with E-state index < -0.39 is 0 Å². The van der Waals surface area contributed by atoms with Crippen LogP contribution < -0.4 is 4.74 Å².